The third kappa shape index (κ3) is 4.56. The summed E-state index contributed by atoms with van der Waals surface area (Å²) in [5.74, 6) is -0.397. The fourth-order valence-corrected chi connectivity index (χ4v) is 5.70. The van der Waals surface area contributed by atoms with Crippen LogP contribution >= 0.6 is 15.9 Å². The average Bonchev–Trinajstić information content (AvgIpc) is 3.48. The van der Waals surface area contributed by atoms with E-state index in [0.29, 0.717) is 28.3 Å². The number of methoxy groups -OCH3 is 1. The van der Waals surface area contributed by atoms with Gasteiger partial charge < -0.3 is 9.47 Å². The zero-order chi connectivity index (χ0) is 26.9. The Morgan fingerprint density at radius 3 is 2.05 bits per heavy atom. The van der Waals surface area contributed by atoms with Gasteiger partial charge in [0.15, 0.2) is 17.6 Å². The minimum absolute atomic E-state index is 0.310. The fourth-order valence-electron chi connectivity index (χ4n) is 5.15. The lowest BCUT2D eigenvalue weighted by molar-refractivity contribution is -0.126. The third-order valence-corrected chi connectivity index (χ3v) is 7.67. The van der Waals surface area contributed by atoms with Gasteiger partial charge in [-0.3, -0.25) is 14.4 Å². The Morgan fingerprint density at radius 1 is 0.795 bits per heavy atom. The lowest BCUT2D eigenvalue weighted by Crippen LogP contribution is -2.37. The number of hydroxylamine groups is 1. The lowest BCUT2D eigenvalue weighted by Gasteiger charge is -2.29. The fraction of sp³-hybridized carbons (Fsp3) is 0.161. The molecule has 39 heavy (non-hydrogen) atoms. The summed E-state index contributed by atoms with van der Waals surface area (Å²) in [4.78, 5) is 34.9. The number of carbonyl (C=O) groups excluding carboxylic acids is 2. The Labute approximate surface area is 234 Å². The van der Waals surface area contributed by atoms with E-state index in [9.17, 15) is 9.59 Å². The molecule has 2 heterocycles. The van der Waals surface area contributed by atoms with E-state index in [1.165, 1.54) is 4.90 Å². The molecule has 0 aliphatic carbocycles. The van der Waals surface area contributed by atoms with Crippen molar-refractivity contribution in [3.8, 4) is 11.5 Å². The molecule has 7 nitrogen and oxygen atoms in total. The molecule has 0 saturated carbocycles. The SMILES string of the molecule is COc1cc([C@@H]2[C@@H]3C(=O)N(c4ccccc4)C(=O)[C@@H]3ON2c2ccccc2)c(Br)cc1OCc1ccccc1. The number of amides is 2. The molecule has 2 aliphatic heterocycles. The van der Waals surface area contributed by atoms with Gasteiger partial charge in [0.25, 0.3) is 5.91 Å². The van der Waals surface area contributed by atoms with Crippen molar-refractivity contribution in [1.82, 2.24) is 0 Å². The van der Waals surface area contributed by atoms with Crippen LogP contribution in [0.5, 0.6) is 11.5 Å². The van der Waals surface area contributed by atoms with Crippen LogP contribution < -0.4 is 19.4 Å². The molecule has 0 N–H and O–H groups in total. The van der Waals surface area contributed by atoms with Gasteiger partial charge in [0.05, 0.1) is 24.5 Å². The highest BCUT2D eigenvalue weighted by Gasteiger charge is 2.60. The number of benzene rings is 4. The van der Waals surface area contributed by atoms with Crippen LogP contribution in [0, 0.1) is 5.92 Å². The molecular formula is C31H25BrN2O5. The molecule has 0 spiro atoms. The van der Waals surface area contributed by atoms with E-state index in [-0.39, 0.29) is 11.8 Å². The molecule has 2 fully saturated rings. The Bertz CT molecular complexity index is 1500. The smallest absolute Gasteiger partial charge is 0.266 e. The van der Waals surface area contributed by atoms with Crippen LogP contribution in [0.15, 0.2) is 108 Å². The van der Waals surface area contributed by atoms with Crippen molar-refractivity contribution in [1.29, 1.82) is 0 Å². The van der Waals surface area contributed by atoms with Gasteiger partial charge in [-0.25, -0.2) is 9.96 Å². The number of rotatable bonds is 7. The predicted molar refractivity (Wildman–Crippen MR) is 150 cm³/mol. The Morgan fingerprint density at radius 2 is 1.41 bits per heavy atom. The first-order valence-electron chi connectivity index (χ1n) is 12.5. The summed E-state index contributed by atoms with van der Waals surface area (Å²) in [6.45, 7) is 0.370. The van der Waals surface area contributed by atoms with Crippen molar-refractivity contribution in [2.24, 2.45) is 5.92 Å². The molecule has 2 aliphatic rings. The molecule has 0 radical (unpaired) electrons. The molecule has 196 valence electrons. The summed E-state index contributed by atoms with van der Waals surface area (Å²) in [6.07, 6.45) is -0.963. The summed E-state index contributed by atoms with van der Waals surface area (Å²) in [6, 6.07) is 31.3. The number of para-hydroxylation sites is 2. The monoisotopic (exact) mass is 584 g/mol. The summed E-state index contributed by atoms with van der Waals surface area (Å²) in [7, 11) is 1.58. The molecule has 0 aromatic heterocycles. The number of hydrogen-bond acceptors (Lipinski definition) is 6. The van der Waals surface area contributed by atoms with Crippen molar-refractivity contribution < 1.29 is 23.9 Å². The number of hydrogen-bond donors (Lipinski definition) is 0. The first-order valence-corrected chi connectivity index (χ1v) is 13.3. The van der Waals surface area contributed by atoms with Crippen LogP contribution in [-0.4, -0.2) is 25.0 Å². The van der Waals surface area contributed by atoms with Crippen molar-refractivity contribution in [2.45, 2.75) is 18.8 Å². The van der Waals surface area contributed by atoms with Crippen LogP contribution in [-0.2, 0) is 21.0 Å². The van der Waals surface area contributed by atoms with Crippen LogP contribution in [0.2, 0.25) is 0 Å². The molecule has 3 atom stereocenters. The van der Waals surface area contributed by atoms with E-state index in [4.69, 9.17) is 14.3 Å². The largest absolute Gasteiger partial charge is 0.493 e. The van der Waals surface area contributed by atoms with E-state index in [0.717, 1.165) is 16.8 Å². The summed E-state index contributed by atoms with van der Waals surface area (Å²) in [5.41, 5.74) is 3.03. The van der Waals surface area contributed by atoms with Gasteiger partial charge in [0.1, 0.15) is 12.5 Å². The van der Waals surface area contributed by atoms with E-state index < -0.39 is 18.1 Å². The Hall–Kier alpha value is -4.14. The van der Waals surface area contributed by atoms with Gasteiger partial charge in [-0.1, -0.05) is 82.7 Å². The van der Waals surface area contributed by atoms with Gasteiger partial charge in [-0.2, -0.15) is 0 Å². The van der Waals surface area contributed by atoms with Crippen LogP contribution in [0.25, 0.3) is 0 Å². The molecule has 6 rings (SSSR count). The molecule has 2 saturated heterocycles. The van der Waals surface area contributed by atoms with Gasteiger partial charge in [0, 0.05) is 4.47 Å². The number of nitrogens with zero attached hydrogens (tertiary/aromatic N) is 2. The number of ether oxygens (including phenoxy) is 2. The number of fused-ring (bicyclic) bond motifs is 1. The normalized spacial score (nSPS) is 20.3. The summed E-state index contributed by atoms with van der Waals surface area (Å²) < 4.78 is 12.5. The van der Waals surface area contributed by atoms with Gasteiger partial charge in [-0.15, -0.1) is 0 Å². The second-order valence-electron chi connectivity index (χ2n) is 9.30. The third-order valence-electron chi connectivity index (χ3n) is 6.98. The van der Waals surface area contributed by atoms with E-state index >= 15 is 0 Å². The van der Waals surface area contributed by atoms with Crippen molar-refractivity contribution in [3.05, 3.63) is 119 Å². The molecule has 2 amide bonds. The molecule has 8 heteroatoms. The van der Waals surface area contributed by atoms with Crippen molar-refractivity contribution in [2.75, 3.05) is 17.1 Å². The number of halogens is 1. The maximum absolute atomic E-state index is 13.9. The van der Waals surface area contributed by atoms with Crippen LogP contribution in [0.4, 0.5) is 11.4 Å². The first-order chi connectivity index (χ1) is 19.1. The maximum atomic E-state index is 13.9. The van der Waals surface area contributed by atoms with Crippen molar-refractivity contribution >= 4 is 39.1 Å². The topological polar surface area (TPSA) is 68.3 Å². The lowest BCUT2D eigenvalue weighted by atomic mass is 9.90. The molecular weight excluding hydrogens is 560 g/mol. The average molecular weight is 585 g/mol. The predicted octanol–water partition coefficient (Wildman–Crippen LogP) is 6.09. The standard InChI is InChI=1S/C31H25BrN2O5/c1-37-25-17-23(24(32)18-26(25)38-19-20-11-5-2-6-12-20)28-27-29(39-34(28)22-15-9-4-10-16-22)31(36)33(30(27)35)21-13-7-3-8-14-21/h2-18,27-29H,19H2,1H3/t27-,28+,29+/m0/s1. The van der Waals surface area contributed by atoms with Crippen LogP contribution in [0.1, 0.15) is 17.2 Å². The number of anilines is 2. The van der Waals surface area contributed by atoms with Crippen LogP contribution in [0.3, 0.4) is 0 Å². The minimum atomic E-state index is -0.963. The summed E-state index contributed by atoms with van der Waals surface area (Å²) in [5, 5.41) is 1.66. The second kappa shape index (κ2) is 10.6. The molecule has 0 bridgehead atoms. The van der Waals surface area contributed by atoms with Gasteiger partial charge in [0.2, 0.25) is 5.91 Å². The Balaban J connectivity index is 1.40. The van der Waals surface area contributed by atoms with E-state index in [1.807, 2.05) is 78.9 Å². The highest BCUT2D eigenvalue weighted by Crippen LogP contribution is 2.50. The Kier molecular flexibility index (Phi) is 6.81. The quantitative estimate of drug-likeness (QED) is 0.245. The highest BCUT2D eigenvalue weighted by atomic mass is 79.9. The van der Waals surface area contributed by atoms with Crippen molar-refractivity contribution in [3.63, 3.8) is 0 Å². The zero-order valence-corrected chi connectivity index (χ0v) is 22.7. The van der Waals surface area contributed by atoms with E-state index in [2.05, 4.69) is 15.9 Å². The summed E-state index contributed by atoms with van der Waals surface area (Å²) >= 11 is 3.71. The zero-order valence-electron chi connectivity index (χ0n) is 21.1. The molecule has 0 unspecified atom stereocenters. The maximum Gasteiger partial charge on any atom is 0.266 e. The molecule has 4 aromatic rings. The number of carbonyl (C=O) groups is 2. The minimum Gasteiger partial charge on any atom is -0.493 e. The molecule has 4 aromatic carbocycles. The van der Waals surface area contributed by atoms with Gasteiger partial charge in [-0.05, 0) is 47.5 Å². The number of imide groups is 1. The second-order valence-corrected chi connectivity index (χ2v) is 10.2. The first kappa shape index (κ1) is 25.2. The highest BCUT2D eigenvalue weighted by molar-refractivity contribution is 9.10. The van der Waals surface area contributed by atoms with Gasteiger partial charge >= 0.3 is 0 Å². The van der Waals surface area contributed by atoms with E-state index in [1.54, 1.807) is 36.4 Å².